The minimum absolute atomic E-state index is 0.306. The monoisotopic (exact) mass is 407 g/mol. The van der Waals surface area contributed by atoms with Crippen LogP contribution < -0.4 is 20.1 Å². The lowest BCUT2D eigenvalue weighted by atomic mass is 10.2. The smallest absolute Gasteiger partial charge is 0.320 e. The van der Waals surface area contributed by atoms with Crippen molar-refractivity contribution in [1.29, 1.82) is 0 Å². The van der Waals surface area contributed by atoms with Gasteiger partial charge in [0.1, 0.15) is 18.1 Å². The van der Waals surface area contributed by atoms with Crippen molar-refractivity contribution in [3.05, 3.63) is 59.7 Å². The highest BCUT2D eigenvalue weighted by molar-refractivity contribution is 7.14. The van der Waals surface area contributed by atoms with Crippen molar-refractivity contribution in [2.24, 2.45) is 0 Å². The van der Waals surface area contributed by atoms with Crippen molar-refractivity contribution in [2.45, 2.75) is 6.54 Å². The molecule has 0 atom stereocenters. The van der Waals surface area contributed by atoms with Crippen molar-refractivity contribution in [1.82, 2.24) is 15.2 Å². The molecule has 0 saturated heterocycles. The predicted molar refractivity (Wildman–Crippen MR) is 110 cm³/mol. The summed E-state index contributed by atoms with van der Waals surface area (Å²) in [6.45, 7) is 1.71. The number of nitrogens with zero attached hydrogens (tertiary/aromatic N) is 3. The van der Waals surface area contributed by atoms with E-state index in [1.54, 1.807) is 6.20 Å². The number of pyridine rings is 1. The van der Waals surface area contributed by atoms with Gasteiger partial charge in [-0.15, -0.1) is 16.4 Å². The van der Waals surface area contributed by atoms with E-state index in [1.807, 2.05) is 47.8 Å². The summed E-state index contributed by atoms with van der Waals surface area (Å²) in [6.07, 6.45) is 1.78. The molecule has 29 heavy (non-hydrogen) atoms. The first-order valence-electron chi connectivity index (χ1n) is 9.07. The molecule has 0 fully saturated rings. The number of hydrogen-bond donors (Lipinski definition) is 2. The molecule has 1 aliphatic heterocycles. The molecular formula is C20H17N5O3S. The molecule has 3 aromatic heterocycles. The number of fused-ring (bicyclic) bond motifs is 1. The first kappa shape index (κ1) is 17.5. The van der Waals surface area contributed by atoms with Crippen molar-refractivity contribution >= 4 is 28.7 Å². The van der Waals surface area contributed by atoms with E-state index < -0.39 is 0 Å². The molecule has 146 valence electrons. The Labute approximate surface area is 170 Å². The zero-order chi connectivity index (χ0) is 19.5. The van der Waals surface area contributed by atoms with E-state index in [4.69, 9.17) is 13.9 Å². The van der Waals surface area contributed by atoms with Crippen LogP contribution in [0, 0.1) is 0 Å². The van der Waals surface area contributed by atoms with Gasteiger partial charge in [-0.3, -0.25) is 4.98 Å². The third kappa shape index (κ3) is 3.85. The molecule has 9 heteroatoms. The number of hydrogen-bond acceptors (Lipinski definition) is 9. The van der Waals surface area contributed by atoms with Crippen LogP contribution in [0.2, 0.25) is 0 Å². The molecule has 4 heterocycles. The summed E-state index contributed by atoms with van der Waals surface area (Å²) in [7, 11) is 0. The van der Waals surface area contributed by atoms with E-state index in [9.17, 15) is 0 Å². The van der Waals surface area contributed by atoms with Gasteiger partial charge in [0.05, 0.1) is 17.9 Å². The Kier molecular flexibility index (Phi) is 4.71. The van der Waals surface area contributed by atoms with Gasteiger partial charge >= 0.3 is 6.01 Å². The number of anilines is 3. The second kappa shape index (κ2) is 7.80. The fraction of sp³-hybridized carbons (Fsp3) is 0.150. The van der Waals surface area contributed by atoms with Gasteiger partial charge in [-0.1, -0.05) is 11.2 Å². The molecule has 1 aromatic carbocycles. The highest BCUT2D eigenvalue weighted by Crippen LogP contribution is 2.36. The van der Waals surface area contributed by atoms with Crippen molar-refractivity contribution < 1.29 is 13.9 Å². The second-order valence-corrected chi connectivity index (χ2v) is 7.15. The normalized spacial score (nSPS) is 12.6. The Morgan fingerprint density at radius 1 is 1.00 bits per heavy atom. The third-order valence-corrected chi connectivity index (χ3v) is 5.17. The molecule has 5 rings (SSSR count). The van der Waals surface area contributed by atoms with Crippen LogP contribution >= 0.6 is 11.3 Å². The maximum Gasteiger partial charge on any atom is 0.320 e. The zero-order valence-corrected chi connectivity index (χ0v) is 16.1. The van der Waals surface area contributed by atoms with E-state index in [-0.39, 0.29) is 0 Å². The predicted octanol–water partition coefficient (Wildman–Crippen LogP) is 4.32. The van der Waals surface area contributed by atoms with Crippen LogP contribution in [0.3, 0.4) is 0 Å². The third-order valence-electron chi connectivity index (χ3n) is 4.26. The molecule has 2 N–H and O–H groups in total. The average Bonchev–Trinajstić information content (AvgIpc) is 3.42. The van der Waals surface area contributed by atoms with Crippen LogP contribution in [-0.2, 0) is 6.54 Å². The van der Waals surface area contributed by atoms with E-state index in [1.165, 1.54) is 11.3 Å². The van der Waals surface area contributed by atoms with Crippen LogP contribution in [0.15, 0.2) is 58.5 Å². The molecule has 4 aromatic rings. The topological polar surface area (TPSA) is 94.3 Å². The van der Waals surface area contributed by atoms with E-state index in [0.29, 0.717) is 37.4 Å². The van der Waals surface area contributed by atoms with E-state index >= 15 is 0 Å². The zero-order valence-electron chi connectivity index (χ0n) is 15.3. The largest absolute Gasteiger partial charge is 0.486 e. The van der Waals surface area contributed by atoms with E-state index in [2.05, 4.69) is 25.8 Å². The molecule has 0 aliphatic carbocycles. The number of aromatic nitrogens is 3. The first-order chi connectivity index (χ1) is 14.3. The van der Waals surface area contributed by atoms with Crippen LogP contribution in [0.1, 0.15) is 5.69 Å². The lowest BCUT2D eigenvalue weighted by Gasteiger charge is -2.18. The maximum absolute atomic E-state index is 5.82. The lowest BCUT2D eigenvalue weighted by Crippen LogP contribution is -2.15. The highest BCUT2D eigenvalue weighted by atomic mass is 32.1. The number of ether oxygens (including phenoxy) is 2. The number of rotatable bonds is 6. The molecule has 8 nitrogen and oxygen atoms in total. The summed E-state index contributed by atoms with van der Waals surface area (Å²) in [5.74, 6) is 1.87. The Morgan fingerprint density at radius 2 is 1.93 bits per heavy atom. The lowest BCUT2D eigenvalue weighted by molar-refractivity contribution is 0.171. The maximum atomic E-state index is 5.82. The quantitative estimate of drug-likeness (QED) is 0.488. The SMILES string of the molecule is c1ccc(CNc2ccsc2-c2nnc(Nc3ccc4c(c3)OCCO4)o2)nc1. The Balaban J connectivity index is 1.30. The number of benzene rings is 1. The van der Waals surface area contributed by atoms with Crippen molar-refractivity contribution in [3.8, 4) is 22.3 Å². The molecule has 1 aliphatic rings. The summed E-state index contributed by atoms with van der Waals surface area (Å²) >= 11 is 1.53. The standard InChI is InChI=1S/C20H17N5O3S/c1-2-7-21-14(3-1)12-22-15-6-10-29-18(15)19-24-25-20(28-19)23-13-4-5-16-17(11-13)27-9-8-26-16/h1-7,10-11,22H,8-9,12H2,(H,23,25). The number of thiophene rings is 1. The molecule has 0 amide bonds. The summed E-state index contributed by atoms with van der Waals surface area (Å²) in [5, 5.41) is 16.7. The Bertz CT molecular complexity index is 1110. The summed E-state index contributed by atoms with van der Waals surface area (Å²) in [6, 6.07) is 13.7. The van der Waals surface area contributed by atoms with Gasteiger partial charge in [0.25, 0.3) is 5.89 Å². The molecule has 0 bridgehead atoms. The number of nitrogens with one attached hydrogen (secondary N) is 2. The summed E-state index contributed by atoms with van der Waals surface area (Å²) in [5.41, 5.74) is 2.66. The fourth-order valence-electron chi connectivity index (χ4n) is 2.91. The Morgan fingerprint density at radius 3 is 2.83 bits per heavy atom. The minimum Gasteiger partial charge on any atom is -0.486 e. The van der Waals surface area contributed by atoms with Gasteiger partial charge in [-0.05, 0) is 35.7 Å². The molecule has 0 radical (unpaired) electrons. The molecule has 0 unspecified atom stereocenters. The molecule has 0 saturated carbocycles. The van der Waals surface area contributed by atoms with Gasteiger partial charge in [-0.25, -0.2) is 0 Å². The average molecular weight is 407 g/mol. The van der Waals surface area contributed by atoms with Gasteiger partial charge in [-0.2, -0.15) is 0 Å². The molecule has 0 spiro atoms. The summed E-state index contributed by atoms with van der Waals surface area (Å²) in [4.78, 5) is 5.20. The van der Waals surface area contributed by atoms with Crippen LogP contribution in [-0.4, -0.2) is 28.4 Å². The van der Waals surface area contributed by atoms with Crippen LogP contribution in [0.25, 0.3) is 10.8 Å². The molecular weight excluding hydrogens is 390 g/mol. The second-order valence-electron chi connectivity index (χ2n) is 6.23. The van der Waals surface area contributed by atoms with Gasteiger partial charge in [0, 0.05) is 18.0 Å². The Hall–Kier alpha value is -3.59. The summed E-state index contributed by atoms with van der Waals surface area (Å²) < 4.78 is 17.0. The van der Waals surface area contributed by atoms with Crippen molar-refractivity contribution in [2.75, 3.05) is 23.8 Å². The van der Waals surface area contributed by atoms with Crippen molar-refractivity contribution in [3.63, 3.8) is 0 Å². The van der Waals surface area contributed by atoms with Gasteiger partial charge in [0.2, 0.25) is 0 Å². The highest BCUT2D eigenvalue weighted by Gasteiger charge is 2.16. The van der Waals surface area contributed by atoms with E-state index in [0.717, 1.165) is 27.7 Å². The fourth-order valence-corrected chi connectivity index (χ4v) is 3.70. The minimum atomic E-state index is 0.306. The van der Waals surface area contributed by atoms with Gasteiger partial charge in [0.15, 0.2) is 11.5 Å². The van der Waals surface area contributed by atoms with Gasteiger partial charge < -0.3 is 24.5 Å². The van der Waals surface area contributed by atoms with Crippen LogP contribution in [0.5, 0.6) is 11.5 Å². The van der Waals surface area contributed by atoms with Crippen LogP contribution in [0.4, 0.5) is 17.4 Å². The first-order valence-corrected chi connectivity index (χ1v) is 9.95.